The van der Waals surface area contributed by atoms with Gasteiger partial charge in [-0.3, -0.25) is 0 Å². The van der Waals surface area contributed by atoms with Crippen LogP contribution in [0.1, 0.15) is 90.4 Å². The maximum Gasteiger partial charge on any atom is 0.0806 e. The molecule has 0 amide bonds. The molecule has 2 aliphatic carbocycles. The summed E-state index contributed by atoms with van der Waals surface area (Å²) in [5, 5.41) is 3.73. The summed E-state index contributed by atoms with van der Waals surface area (Å²) in [5.74, 6) is 0. The molecule has 118 valence electrons. The van der Waals surface area contributed by atoms with Crippen molar-refractivity contribution in [2.24, 2.45) is 0 Å². The number of hydrogen-bond acceptors (Lipinski definition) is 2. The zero-order chi connectivity index (χ0) is 14.1. The van der Waals surface area contributed by atoms with E-state index in [1.807, 2.05) is 0 Å². The molecule has 0 unspecified atom stereocenters. The Bertz CT molecular complexity index is 242. The van der Waals surface area contributed by atoms with E-state index in [9.17, 15) is 0 Å². The Balaban J connectivity index is 1.69. The zero-order valence-electron chi connectivity index (χ0n) is 13.6. The zero-order valence-corrected chi connectivity index (χ0v) is 13.6. The Morgan fingerprint density at radius 1 is 0.950 bits per heavy atom. The standard InChI is InChI=1S/C18H35NO/c1-2-3-4-7-10-15-20-18(16-19-17-11-12-17)13-8-5-6-9-14-18/h17,19H,2-16H2,1H3. The number of unbranched alkanes of at least 4 members (excludes halogenated alkanes) is 4. The average Bonchev–Trinajstić information content (AvgIpc) is 3.28. The van der Waals surface area contributed by atoms with Crippen LogP contribution < -0.4 is 5.32 Å². The molecule has 2 nitrogen and oxygen atoms in total. The van der Waals surface area contributed by atoms with E-state index in [4.69, 9.17) is 4.74 Å². The lowest BCUT2D eigenvalue weighted by Crippen LogP contribution is -2.43. The van der Waals surface area contributed by atoms with Crippen molar-refractivity contribution >= 4 is 0 Å². The highest BCUT2D eigenvalue weighted by Crippen LogP contribution is 2.31. The highest BCUT2D eigenvalue weighted by molar-refractivity contribution is 4.90. The Morgan fingerprint density at radius 3 is 2.30 bits per heavy atom. The summed E-state index contributed by atoms with van der Waals surface area (Å²) in [5.41, 5.74) is 0.170. The van der Waals surface area contributed by atoms with Crippen LogP contribution in [0.3, 0.4) is 0 Å². The van der Waals surface area contributed by atoms with Crippen LogP contribution in [0.5, 0.6) is 0 Å². The minimum atomic E-state index is 0.170. The summed E-state index contributed by atoms with van der Waals surface area (Å²) in [4.78, 5) is 0. The molecule has 0 saturated heterocycles. The van der Waals surface area contributed by atoms with Crippen LogP contribution in [-0.4, -0.2) is 24.8 Å². The topological polar surface area (TPSA) is 21.3 Å². The predicted molar refractivity (Wildman–Crippen MR) is 86.2 cm³/mol. The number of ether oxygens (including phenoxy) is 1. The molecule has 0 radical (unpaired) electrons. The second kappa shape index (κ2) is 9.04. The van der Waals surface area contributed by atoms with Crippen molar-refractivity contribution < 1.29 is 4.74 Å². The quantitative estimate of drug-likeness (QED) is 0.458. The van der Waals surface area contributed by atoms with Crippen LogP contribution in [0.15, 0.2) is 0 Å². The molecule has 0 aromatic carbocycles. The summed E-state index contributed by atoms with van der Waals surface area (Å²) in [7, 11) is 0. The van der Waals surface area contributed by atoms with Gasteiger partial charge < -0.3 is 10.1 Å². The average molecular weight is 281 g/mol. The van der Waals surface area contributed by atoms with E-state index in [0.29, 0.717) is 0 Å². The van der Waals surface area contributed by atoms with E-state index in [2.05, 4.69) is 12.2 Å². The molecule has 0 bridgehead atoms. The van der Waals surface area contributed by atoms with Crippen molar-refractivity contribution in [3.05, 3.63) is 0 Å². The second-order valence-corrected chi connectivity index (χ2v) is 7.02. The summed E-state index contributed by atoms with van der Waals surface area (Å²) in [6.07, 6.45) is 17.6. The van der Waals surface area contributed by atoms with E-state index in [1.54, 1.807) is 0 Å². The van der Waals surface area contributed by atoms with Gasteiger partial charge in [0.2, 0.25) is 0 Å². The molecule has 0 spiro atoms. The van der Waals surface area contributed by atoms with Crippen molar-refractivity contribution in [2.75, 3.05) is 13.2 Å². The van der Waals surface area contributed by atoms with Gasteiger partial charge in [0, 0.05) is 19.2 Å². The molecule has 0 aromatic rings. The first-order valence-electron chi connectivity index (χ1n) is 9.22. The third-order valence-electron chi connectivity index (χ3n) is 4.96. The fraction of sp³-hybridized carbons (Fsp3) is 1.00. The second-order valence-electron chi connectivity index (χ2n) is 7.02. The van der Waals surface area contributed by atoms with Gasteiger partial charge in [-0.1, -0.05) is 58.3 Å². The van der Waals surface area contributed by atoms with Crippen molar-refractivity contribution in [1.82, 2.24) is 5.32 Å². The molecule has 1 N–H and O–H groups in total. The first-order chi connectivity index (χ1) is 9.85. The van der Waals surface area contributed by atoms with Gasteiger partial charge in [0.05, 0.1) is 5.60 Å². The Kier molecular flexibility index (Phi) is 7.37. The number of rotatable bonds is 10. The highest BCUT2D eigenvalue weighted by Gasteiger charge is 2.33. The van der Waals surface area contributed by atoms with Crippen molar-refractivity contribution in [2.45, 2.75) is 102 Å². The van der Waals surface area contributed by atoms with Crippen LogP contribution in [-0.2, 0) is 4.74 Å². The van der Waals surface area contributed by atoms with E-state index in [1.165, 1.54) is 83.5 Å². The largest absolute Gasteiger partial charge is 0.374 e. The maximum absolute atomic E-state index is 6.45. The van der Waals surface area contributed by atoms with Crippen molar-refractivity contribution in [3.63, 3.8) is 0 Å². The van der Waals surface area contributed by atoms with Gasteiger partial charge in [-0.2, -0.15) is 0 Å². The normalized spacial score (nSPS) is 22.6. The lowest BCUT2D eigenvalue weighted by molar-refractivity contribution is -0.0565. The van der Waals surface area contributed by atoms with Gasteiger partial charge in [-0.15, -0.1) is 0 Å². The molecule has 2 rings (SSSR count). The summed E-state index contributed by atoms with van der Waals surface area (Å²) in [6.45, 7) is 4.36. The lowest BCUT2D eigenvalue weighted by atomic mass is 9.93. The molecular weight excluding hydrogens is 246 g/mol. The van der Waals surface area contributed by atoms with Crippen LogP contribution in [0.2, 0.25) is 0 Å². The minimum Gasteiger partial charge on any atom is -0.374 e. The third kappa shape index (κ3) is 6.13. The number of hydrogen-bond donors (Lipinski definition) is 1. The van der Waals surface area contributed by atoms with Crippen LogP contribution in [0.25, 0.3) is 0 Å². The third-order valence-corrected chi connectivity index (χ3v) is 4.96. The molecule has 2 fully saturated rings. The van der Waals surface area contributed by atoms with Crippen LogP contribution in [0, 0.1) is 0 Å². The lowest BCUT2D eigenvalue weighted by Gasteiger charge is -2.33. The van der Waals surface area contributed by atoms with Gasteiger partial charge in [0.1, 0.15) is 0 Å². The molecular formula is C18H35NO. The molecule has 2 saturated carbocycles. The highest BCUT2D eigenvalue weighted by atomic mass is 16.5. The SMILES string of the molecule is CCCCCCCOC1(CNC2CC2)CCCCCC1. The van der Waals surface area contributed by atoms with Crippen molar-refractivity contribution in [1.29, 1.82) is 0 Å². The molecule has 2 aliphatic rings. The molecule has 20 heavy (non-hydrogen) atoms. The van der Waals surface area contributed by atoms with E-state index >= 15 is 0 Å². The fourth-order valence-electron chi connectivity index (χ4n) is 3.36. The molecule has 0 atom stereocenters. The van der Waals surface area contributed by atoms with Crippen LogP contribution >= 0.6 is 0 Å². The van der Waals surface area contributed by atoms with E-state index < -0.39 is 0 Å². The fourth-order valence-corrected chi connectivity index (χ4v) is 3.36. The maximum atomic E-state index is 6.45. The Labute approximate surface area is 126 Å². The summed E-state index contributed by atoms with van der Waals surface area (Å²) >= 11 is 0. The van der Waals surface area contributed by atoms with Gasteiger partial charge >= 0.3 is 0 Å². The van der Waals surface area contributed by atoms with Gasteiger partial charge in [0.25, 0.3) is 0 Å². The monoisotopic (exact) mass is 281 g/mol. The van der Waals surface area contributed by atoms with E-state index in [-0.39, 0.29) is 5.60 Å². The molecule has 0 heterocycles. The first-order valence-corrected chi connectivity index (χ1v) is 9.22. The van der Waals surface area contributed by atoms with Crippen molar-refractivity contribution in [3.8, 4) is 0 Å². The Hall–Kier alpha value is -0.0800. The van der Waals surface area contributed by atoms with E-state index in [0.717, 1.165) is 19.2 Å². The summed E-state index contributed by atoms with van der Waals surface area (Å²) < 4.78 is 6.45. The Morgan fingerprint density at radius 2 is 1.65 bits per heavy atom. The summed E-state index contributed by atoms with van der Waals surface area (Å²) in [6, 6.07) is 0.809. The van der Waals surface area contributed by atoms with Gasteiger partial charge in [0.15, 0.2) is 0 Å². The van der Waals surface area contributed by atoms with Gasteiger partial charge in [-0.25, -0.2) is 0 Å². The van der Waals surface area contributed by atoms with Gasteiger partial charge in [-0.05, 0) is 32.1 Å². The molecule has 0 aromatic heterocycles. The minimum absolute atomic E-state index is 0.170. The molecule has 2 heteroatoms. The predicted octanol–water partition coefficient (Wildman–Crippen LogP) is 4.82. The smallest absolute Gasteiger partial charge is 0.0806 e. The first kappa shape index (κ1) is 16.3. The molecule has 0 aliphatic heterocycles. The van der Waals surface area contributed by atoms with Crippen LogP contribution in [0.4, 0.5) is 0 Å². The number of nitrogens with one attached hydrogen (secondary N) is 1.